The second-order valence-corrected chi connectivity index (χ2v) is 8.80. The van der Waals surface area contributed by atoms with Crippen molar-refractivity contribution in [1.82, 2.24) is 15.5 Å². The van der Waals surface area contributed by atoms with Crippen LogP contribution in [0.15, 0.2) is 24.3 Å². The van der Waals surface area contributed by atoms with E-state index < -0.39 is 66.1 Å². The third kappa shape index (κ3) is 8.75. The van der Waals surface area contributed by atoms with Crippen molar-refractivity contribution in [3.8, 4) is 5.75 Å². The number of phenols is 1. The van der Waals surface area contributed by atoms with Crippen LogP contribution in [0.4, 0.5) is 0 Å². The first-order valence-electron chi connectivity index (χ1n) is 11.6. The van der Waals surface area contributed by atoms with E-state index in [9.17, 15) is 39.0 Å². The van der Waals surface area contributed by atoms with Gasteiger partial charge >= 0.3 is 5.97 Å². The molecule has 1 aliphatic heterocycles. The van der Waals surface area contributed by atoms with Crippen LogP contribution in [0.2, 0.25) is 0 Å². The Labute approximate surface area is 212 Å². The van der Waals surface area contributed by atoms with Crippen molar-refractivity contribution >= 4 is 35.5 Å². The number of amides is 5. The highest BCUT2D eigenvalue weighted by molar-refractivity contribution is 5.96. The summed E-state index contributed by atoms with van der Waals surface area (Å²) >= 11 is 0. The fourth-order valence-corrected chi connectivity index (χ4v) is 3.98. The molecule has 14 nitrogen and oxygen atoms in total. The van der Waals surface area contributed by atoms with E-state index in [1.807, 2.05) is 0 Å². The first-order chi connectivity index (χ1) is 17.4. The lowest BCUT2D eigenvalue weighted by Gasteiger charge is -2.28. The summed E-state index contributed by atoms with van der Waals surface area (Å²) in [6.45, 7) is 0.251. The average Bonchev–Trinajstić information content (AvgIpc) is 3.31. The summed E-state index contributed by atoms with van der Waals surface area (Å²) in [5, 5.41) is 23.3. The number of carboxylic acids is 1. The molecule has 0 aliphatic carbocycles. The number of carbonyl (C=O) groups excluding carboxylic acids is 5. The fourth-order valence-electron chi connectivity index (χ4n) is 3.98. The molecule has 4 unspecified atom stereocenters. The summed E-state index contributed by atoms with van der Waals surface area (Å²) < 4.78 is 0. The number of nitrogens with zero attached hydrogens (tertiary/aromatic N) is 1. The summed E-state index contributed by atoms with van der Waals surface area (Å²) in [6, 6.07) is 1.24. The zero-order valence-electron chi connectivity index (χ0n) is 20.1. The lowest BCUT2D eigenvalue weighted by atomic mass is 10.0. The zero-order valence-corrected chi connectivity index (χ0v) is 20.1. The first-order valence-corrected chi connectivity index (χ1v) is 11.6. The molecular formula is C23H32N6O8. The van der Waals surface area contributed by atoms with Crippen LogP contribution in [0, 0.1) is 0 Å². The standard InChI is InChI=1S/C23H32N6O8/c24-14(10-12-3-5-13(30)6-4-12)22(35)29-9-1-2-17(29)21(34)28-16(11-19(26)32)20(33)27-15(23(36)37)7-8-18(25)31/h3-6,14-17,30H,1-2,7-11,24H2,(H2,25,31)(H2,26,32)(H,27,33)(H,28,34)(H,36,37). The van der Waals surface area contributed by atoms with E-state index in [2.05, 4.69) is 10.6 Å². The van der Waals surface area contributed by atoms with Gasteiger partial charge in [-0.25, -0.2) is 4.79 Å². The molecule has 1 heterocycles. The van der Waals surface area contributed by atoms with Crippen molar-refractivity contribution in [3.05, 3.63) is 29.8 Å². The van der Waals surface area contributed by atoms with E-state index in [1.54, 1.807) is 12.1 Å². The molecule has 14 heteroatoms. The van der Waals surface area contributed by atoms with Gasteiger partial charge in [-0.3, -0.25) is 24.0 Å². The van der Waals surface area contributed by atoms with Gasteiger partial charge in [-0.15, -0.1) is 0 Å². The number of nitrogens with two attached hydrogens (primary N) is 3. The molecule has 202 valence electrons. The summed E-state index contributed by atoms with van der Waals surface area (Å²) in [4.78, 5) is 74.0. The van der Waals surface area contributed by atoms with Gasteiger partial charge in [-0.05, 0) is 43.4 Å². The third-order valence-corrected chi connectivity index (χ3v) is 5.88. The maximum atomic E-state index is 13.0. The fraction of sp³-hybridized carbons (Fsp3) is 0.478. The molecule has 37 heavy (non-hydrogen) atoms. The molecule has 1 fully saturated rings. The van der Waals surface area contributed by atoms with Crippen molar-refractivity contribution < 1.29 is 39.0 Å². The van der Waals surface area contributed by atoms with Gasteiger partial charge < -0.3 is 42.9 Å². The number of hydrogen-bond donors (Lipinski definition) is 7. The number of aliphatic carboxylic acids is 1. The highest BCUT2D eigenvalue weighted by Crippen LogP contribution is 2.20. The Morgan fingerprint density at radius 2 is 1.65 bits per heavy atom. The van der Waals surface area contributed by atoms with E-state index in [-0.39, 0.29) is 38.0 Å². The van der Waals surface area contributed by atoms with Crippen molar-refractivity contribution in [1.29, 1.82) is 0 Å². The second kappa shape index (κ2) is 13.2. The average molecular weight is 521 g/mol. The van der Waals surface area contributed by atoms with Gasteiger partial charge in [-0.2, -0.15) is 0 Å². The van der Waals surface area contributed by atoms with Crippen molar-refractivity contribution in [3.63, 3.8) is 0 Å². The molecule has 0 radical (unpaired) electrons. The Kier molecular flexibility index (Phi) is 10.4. The molecule has 2 rings (SSSR count). The number of carboxylic acid groups (broad SMARTS) is 1. The quantitative estimate of drug-likeness (QED) is 0.144. The van der Waals surface area contributed by atoms with E-state index in [1.165, 1.54) is 17.0 Å². The molecule has 0 bridgehead atoms. The Balaban J connectivity index is 2.08. The molecule has 5 amide bonds. The van der Waals surface area contributed by atoms with Crippen LogP contribution in [-0.4, -0.2) is 81.3 Å². The molecule has 4 atom stereocenters. The lowest BCUT2D eigenvalue weighted by molar-refractivity contribution is -0.143. The van der Waals surface area contributed by atoms with Crippen LogP contribution < -0.4 is 27.8 Å². The lowest BCUT2D eigenvalue weighted by Crippen LogP contribution is -2.57. The third-order valence-electron chi connectivity index (χ3n) is 5.88. The van der Waals surface area contributed by atoms with Gasteiger partial charge in [0, 0.05) is 13.0 Å². The summed E-state index contributed by atoms with van der Waals surface area (Å²) in [6.07, 6.45) is -0.286. The van der Waals surface area contributed by atoms with Crippen LogP contribution >= 0.6 is 0 Å². The smallest absolute Gasteiger partial charge is 0.326 e. The van der Waals surface area contributed by atoms with E-state index in [0.29, 0.717) is 12.0 Å². The topological polar surface area (TPSA) is 248 Å². The Morgan fingerprint density at radius 3 is 2.22 bits per heavy atom. The molecular weight excluding hydrogens is 488 g/mol. The number of phenolic OH excluding ortho intramolecular Hbond substituents is 1. The number of nitrogens with one attached hydrogen (secondary N) is 2. The molecule has 0 aromatic heterocycles. The number of aromatic hydroxyl groups is 1. The predicted molar refractivity (Wildman–Crippen MR) is 128 cm³/mol. The number of primary amides is 2. The first kappa shape index (κ1) is 29.0. The number of hydrogen-bond acceptors (Lipinski definition) is 8. The van der Waals surface area contributed by atoms with Gasteiger partial charge in [0.1, 0.15) is 23.9 Å². The van der Waals surface area contributed by atoms with Crippen molar-refractivity contribution in [2.45, 2.75) is 62.7 Å². The van der Waals surface area contributed by atoms with Crippen molar-refractivity contribution in [2.75, 3.05) is 6.54 Å². The van der Waals surface area contributed by atoms with Crippen LogP contribution in [0.25, 0.3) is 0 Å². The number of likely N-dealkylation sites (tertiary alicyclic amines) is 1. The van der Waals surface area contributed by atoms with Crippen LogP contribution in [0.5, 0.6) is 5.75 Å². The molecule has 0 saturated carbocycles. The maximum Gasteiger partial charge on any atom is 0.326 e. The summed E-state index contributed by atoms with van der Waals surface area (Å²) in [5.41, 5.74) is 17.0. The Hall–Kier alpha value is -4.20. The maximum absolute atomic E-state index is 13.0. The predicted octanol–water partition coefficient (Wildman–Crippen LogP) is -2.55. The molecule has 1 aromatic rings. The highest BCUT2D eigenvalue weighted by Gasteiger charge is 2.38. The minimum absolute atomic E-state index is 0.0667. The van der Waals surface area contributed by atoms with Gasteiger partial charge in [0.05, 0.1) is 12.5 Å². The minimum atomic E-state index is -1.51. The summed E-state index contributed by atoms with van der Waals surface area (Å²) in [5.74, 6) is -5.28. The van der Waals surface area contributed by atoms with Crippen LogP contribution in [0.1, 0.15) is 37.7 Å². The molecule has 1 aliphatic rings. The Bertz CT molecular complexity index is 1030. The Morgan fingerprint density at radius 1 is 1.00 bits per heavy atom. The number of carbonyl (C=O) groups is 6. The minimum Gasteiger partial charge on any atom is -0.508 e. The molecule has 0 spiro atoms. The van der Waals surface area contributed by atoms with Crippen molar-refractivity contribution in [2.24, 2.45) is 17.2 Å². The van der Waals surface area contributed by atoms with Gasteiger partial charge in [0.2, 0.25) is 29.5 Å². The van der Waals surface area contributed by atoms with E-state index in [0.717, 1.165) is 0 Å². The number of benzene rings is 1. The van der Waals surface area contributed by atoms with Gasteiger partial charge in [0.15, 0.2) is 0 Å². The second-order valence-electron chi connectivity index (χ2n) is 8.80. The van der Waals surface area contributed by atoms with Crippen LogP contribution in [-0.2, 0) is 35.2 Å². The zero-order chi connectivity index (χ0) is 27.7. The number of rotatable bonds is 13. The SMILES string of the molecule is NC(=O)CCC(NC(=O)C(CC(N)=O)NC(=O)C1CCCN1C(=O)C(N)Cc1ccc(O)cc1)C(=O)O. The van der Waals surface area contributed by atoms with Crippen LogP contribution in [0.3, 0.4) is 0 Å². The van der Waals surface area contributed by atoms with Gasteiger partial charge in [-0.1, -0.05) is 12.1 Å². The molecule has 1 saturated heterocycles. The monoisotopic (exact) mass is 520 g/mol. The van der Waals surface area contributed by atoms with E-state index in [4.69, 9.17) is 17.2 Å². The molecule has 1 aromatic carbocycles. The normalized spacial score (nSPS) is 17.3. The van der Waals surface area contributed by atoms with E-state index >= 15 is 0 Å². The summed E-state index contributed by atoms with van der Waals surface area (Å²) in [7, 11) is 0. The highest BCUT2D eigenvalue weighted by atomic mass is 16.4. The largest absolute Gasteiger partial charge is 0.508 e. The van der Waals surface area contributed by atoms with Gasteiger partial charge in [0.25, 0.3) is 0 Å². The molecule has 10 N–H and O–H groups in total.